The normalized spacial score (nSPS) is 21.5. The first kappa shape index (κ1) is 23.0. The molecule has 2 aliphatic rings. The van der Waals surface area contributed by atoms with Gasteiger partial charge in [-0.05, 0) is 45.6 Å². The molecule has 2 unspecified atom stereocenters. The van der Waals surface area contributed by atoms with Gasteiger partial charge in [-0.3, -0.25) is 4.68 Å². The van der Waals surface area contributed by atoms with Crippen LogP contribution in [0.5, 0.6) is 5.75 Å². The molecule has 0 aliphatic carbocycles. The van der Waals surface area contributed by atoms with E-state index in [4.69, 9.17) is 30.4 Å². The van der Waals surface area contributed by atoms with Gasteiger partial charge in [-0.25, -0.2) is 14.4 Å². The van der Waals surface area contributed by atoms with Gasteiger partial charge in [-0.15, -0.1) is 5.10 Å². The Bertz CT molecular complexity index is 1430. The molecule has 4 aromatic rings. The summed E-state index contributed by atoms with van der Waals surface area (Å²) in [6.07, 6.45) is 6.12. The maximum absolute atomic E-state index is 14.5. The lowest BCUT2D eigenvalue weighted by atomic mass is 9.92. The van der Waals surface area contributed by atoms with Crippen molar-refractivity contribution in [1.29, 1.82) is 0 Å². The fourth-order valence-corrected chi connectivity index (χ4v) is 5.52. The Labute approximate surface area is 208 Å². The van der Waals surface area contributed by atoms with E-state index in [-0.39, 0.29) is 17.6 Å². The molecule has 2 atom stereocenters. The Hall–Kier alpha value is -3.47. The van der Waals surface area contributed by atoms with Crippen LogP contribution in [0.25, 0.3) is 16.6 Å². The Kier molecular flexibility index (Phi) is 5.66. The van der Waals surface area contributed by atoms with Gasteiger partial charge in [0.25, 0.3) is 0 Å². The summed E-state index contributed by atoms with van der Waals surface area (Å²) in [7, 11) is 1.42. The largest absolute Gasteiger partial charge is 0.494 e. The van der Waals surface area contributed by atoms with Gasteiger partial charge >= 0.3 is 0 Å². The van der Waals surface area contributed by atoms with Crippen molar-refractivity contribution in [3.8, 4) is 5.75 Å². The molecule has 0 saturated carbocycles. The van der Waals surface area contributed by atoms with Gasteiger partial charge in [0.2, 0.25) is 5.95 Å². The molecule has 3 aromatic heterocycles. The monoisotopic (exact) mass is 494 g/mol. The van der Waals surface area contributed by atoms with Crippen LogP contribution < -0.4 is 15.4 Å². The number of nitrogen functional groups attached to an aromatic ring is 1. The zero-order chi connectivity index (χ0) is 25.0. The van der Waals surface area contributed by atoms with E-state index in [1.165, 1.54) is 23.8 Å². The molecule has 0 radical (unpaired) electrons. The number of aryl methyl sites for hydroxylation is 1. The van der Waals surface area contributed by atoms with Gasteiger partial charge < -0.3 is 20.1 Å². The van der Waals surface area contributed by atoms with Gasteiger partial charge in [-0.1, -0.05) is 0 Å². The van der Waals surface area contributed by atoms with Crippen LogP contribution >= 0.6 is 0 Å². The lowest BCUT2D eigenvalue weighted by Crippen LogP contribution is -2.41. The molecule has 0 amide bonds. The van der Waals surface area contributed by atoms with Crippen molar-refractivity contribution in [2.45, 2.75) is 57.5 Å². The average molecular weight is 495 g/mol. The highest BCUT2D eigenvalue weighted by Gasteiger charge is 2.32. The molecule has 2 N–H and O–H groups in total. The molecule has 6 rings (SSSR count). The van der Waals surface area contributed by atoms with Crippen LogP contribution in [0.15, 0.2) is 18.3 Å². The number of rotatable bonds is 4. The molecule has 0 spiro atoms. The molecule has 2 aliphatic heterocycles. The number of methoxy groups -OCH3 is 1. The molecule has 5 heterocycles. The van der Waals surface area contributed by atoms with Crippen molar-refractivity contribution in [1.82, 2.24) is 29.4 Å². The van der Waals surface area contributed by atoms with E-state index in [2.05, 4.69) is 34.6 Å². The quantitative estimate of drug-likeness (QED) is 0.458. The molecule has 0 bridgehead atoms. The predicted molar refractivity (Wildman–Crippen MR) is 134 cm³/mol. The Morgan fingerprint density at radius 2 is 1.92 bits per heavy atom. The highest BCUT2D eigenvalue weighted by Crippen LogP contribution is 2.35. The number of ether oxygens (including phenoxy) is 2. The van der Waals surface area contributed by atoms with Crippen molar-refractivity contribution in [3.63, 3.8) is 0 Å². The summed E-state index contributed by atoms with van der Waals surface area (Å²) >= 11 is 0. The molecular weight excluding hydrogens is 463 g/mol. The minimum atomic E-state index is -0.474. The third-order valence-electron chi connectivity index (χ3n) is 7.60. The maximum Gasteiger partial charge on any atom is 0.223 e. The van der Waals surface area contributed by atoms with E-state index in [9.17, 15) is 4.39 Å². The number of nitrogens with zero attached hydrogens (tertiary/aromatic N) is 7. The summed E-state index contributed by atoms with van der Waals surface area (Å²) in [6, 6.07) is 3.68. The molecular formula is C25H31FN8O2. The van der Waals surface area contributed by atoms with E-state index in [1.807, 2.05) is 0 Å². The van der Waals surface area contributed by atoms with Gasteiger partial charge in [0, 0.05) is 49.4 Å². The van der Waals surface area contributed by atoms with Crippen LogP contribution in [0.2, 0.25) is 0 Å². The SMILES string of the molecule is COc1cc2nc(N)n3nc(C4CCC(C)N(c5cn(C6CCOCC6)nc5C)C4)nc3c2cc1F. The van der Waals surface area contributed by atoms with Gasteiger partial charge in [0.15, 0.2) is 23.0 Å². The number of aromatic nitrogens is 6. The molecule has 10 nitrogen and oxygen atoms in total. The minimum absolute atomic E-state index is 0.101. The fourth-order valence-electron chi connectivity index (χ4n) is 5.52. The Morgan fingerprint density at radius 3 is 2.69 bits per heavy atom. The molecule has 190 valence electrons. The number of halogens is 1. The Balaban J connectivity index is 1.33. The van der Waals surface area contributed by atoms with Crippen molar-refractivity contribution >= 4 is 28.2 Å². The third-order valence-corrected chi connectivity index (χ3v) is 7.60. The van der Waals surface area contributed by atoms with E-state index >= 15 is 0 Å². The molecule has 1 aromatic carbocycles. The first-order valence-corrected chi connectivity index (χ1v) is 12.5. The second-order valence-electron chi connectivity index (χ2n) is 9.88. The zero-order valence-corrected chi connectivity index (χ0v) is 20.8. The number of hydrogen-bond acceptors (Lipinski definition) is 8. The van der Waals surface area contributed by atoms with Crippen LogP contribution in [-0.4, -0.2) is 62.3 Å². The molecule has 11 heteroatoms. The van der Waals surface area contributed by atoms with E-state index in [0.29, 0.717) is 34.5 Å². The summed E-state index contributed by atoms with van der Waals surface area (Å²) in [6.45, 7) is 6.66. The first-order chi connectivity index (χ1) is 17.4. The summed E-state index contributed by atoms with van der Waals surface area (Å²) in [5.74, 6) is 0.646. The number of anilines is 2. The highest BCUT2D eigenvalue weighted by atomic mass is 19.1. The summed E-state index contributed by atoms with van der Waals surface area (Å²) < 4.78 is 28.8. The zero-order valence-electron chi connectivity index (χ0n) is 20.8. The van der Waals surface area contributed by atoms with E-state index in [0.717, 1.165) is 56.8 Å². The number of benzene rings is 1. The lowest BCUT2D eigenvalue weighted by molar-refractivity contribution is 0.0662. The van der Waals surface area contributed by atoms with Crippen molar-refractivity contribution in [2.24, 2.45) is 0 Å². The standard InChI is InChI=1S/C25H31FN8O2/c1-14-4-5-16(12-32(14)21-13-33(30-15(21)2)17-6-8-36-9-7-17)23-29-24-18-10-19(26)22(35-3)11-20(18)28-25(27)34(24)31-23/h10-11,13-14,16-17H,4-9,12H2,1-3H3,(H2,27,28). The van der Waals surface area contributed by atoms with Crippen molar-refractivity contribution in [2.75, 3.05) is 37.5 Å². The van der Waals surface area contributed by atoms with Crippen molar-refractivity contribution < 1.29 is 13.9 Å². The van der Waals surface area contributed by atoms with Gasteiger partial charge in [0.1, 0.15) is 0 Å². The van der Waals surface area contributed by atoms with Crippen LogP contribution in [0.3, 0.4) is 0 Å². The smallest absolute Gasteiger partial charge is 0.223 e. The van der Waals surface area contributed by atoms with Crippen LogP contribution in [0, 0.1) is 12.7 Å². The summed E-state index contributed by atoms with van der Waals surface area (Å²) in [5.41, 5.74) is 9.42. The summed E-state index contributed by atoms with van der Waals surface area (Å²) in [4.78, 5) is 11.7. The van der Waals surface area contributed by atoms with E-state index < -0.39 is 5.82 Å². The highest BCUT2D eigenvalue weighted by molar-refractivity contribution is 5.93. The number of fused-ring (bicyclic) bond motifs is 3. The minimum Gasteiger partial charge on any atom is -0.494 e. The Morgan fingerprint density at radius 1 is 1.11 bits per heavy atom. The molecule has 2 saturated heterocycles. The van der Waals surface area contributed by atoms with Crippen LogP contribution in [0.1, 0.15) is 56.1 Å². The number of hydrogen-bond donors (Lipinski definition) is 1. The van der Waals surface area contributed by atoms with Crippen LogP contribution in [-0.2, 0) is 4.74 Å². The number of piperidine rings is 1. The maximum atomic E-state index is 14.5. The van der Waals surface area contributed by atoms with Crippen LogP contribution in [0.4, 0.5) is 16.0 Å². The van der Waals surface area contributed by atoms with E-state index in [1.54, 1.807) is 0 Å². The lowest BCUT2D eigenvalue weighted by Gasteiger charge is -2.38. The predicted octanol–water partition coefficient (Wildman–Crippen LogP) is 3.64. The third kappa shape index (κ3) is 3.82. The van der Waals surface area contributed by atoms with Gasteiger partial charge in [0.05, 0.1) is 30.0 Å². The second-order valence-corrected chi connectivity index (χ2v) is 9.88. The fraction of sp³-hybridized carbons (Fsp3) is 0.520. The molecule has 36 heavy (non-hydrogen) atoms. The topological polar surface area (TPSA) is 109 Å². The first-order valence-electron chi connectivity index (χ1n) is 12.5. The van der Waals surface area contributed by atoms with Crippen molar-refractivity contribution in [3.05, 3.63) is 35.7 Å². The molecule has 2 fully saturated rings. The van der Waals surface area contributed by atoms with Gasteiger partial charge in [-0.2, -0.15) is 9.61 Å². The number of nitrogens with two attached hydrogens (primary N) is 1. The average Bonchev–Trinajstić information content (AvgIpc) is 3.50. The summed E-state index contributed by atoms with van der Waals surface area (Å²) in [5, 5.41) is 10.1. The second kappa shape index (κ2) is 8.88.